The van der Waals surface area contributed by atoms with Gasteiger partial charge in [-0.05, 0) is 50.8 Å². The highest BCUT2D eigenvalue weighted by atomic mass is 16.3. The number of aromatic nitrogens is 2. The van der Waals surface area contributed by atoms with Crippen molar-refractivity contribution in [3.63, 3.8) is 0 Å². The Morgan fingerprint density at radius 1 is 1.09 bits per heavy atom. The first-order valence-electron chi connectivity index (χ1n) is 12.1. The van der Waals surface area contributed by atoms with Gasteiger partial charge >= 0.3 is 0 Å². The van der Waals surface area contributed by atoms with Crippen molar-refractivity contribution in [1.82, 2.24) is 19.4 Å². The second kappa shape index (κ2) is 10.9. The summed E-state index contributed by atoms with van der Waals surface area (Å²) in [4.78, 5) is 33.7. The fraction of sp³-hybridized carbons (Fsp3) is 0.560. The molecular formula is C25H35N5O3. The van der Waals surface area contributed by atoms with Crippen LogP contribution in [0.2, 0.25) is 0 Å². The van der Waals surface area contributed by atoms with Gasteiger partial charge in [0.2, 0.25) is 5.91 Å². The maximum absolute atomic E-state index is 12.6. The highest BCUT2D eigenvalue weighted by Gasteiger charge is 2.34. The van der Waals surface area contributed by atoms with Gasteiger partial charge in [-0.3, -0.25) is 14.2 Å². The van der Waals surface area contributed by atoms with Crippen LogP contribution in [-0.2, 0) is 17.8 Å². The molecule has 1 aromatic carbocycles. The van der Waals surface area contributed by atoms with Gasteiger partial charge in [-0.25, -0.2) is 4.98 Å². The molecule has 0 spiro atoms. The zero-order valence-electron chi connectivity index (χ0n) is 19.3. The minimum Gasteiger partial charge on any atom is -0.388 e. The molecule has 0 atom stereocenters. The molecule has 2 saturated heterocycles. The fourth-order valence-electron chi connectivity index (χ4n) is 4.69. The molecule has 4 rings (SSSR count). The highest BCUT2D eigenvalue weighted by molar-refractivity contribution is 5.76. The Kier molecular flexibility index (Phi) is 7.77. The molecular weight excluding hydrogens is 418 g/mol. The Bertz CT molecular complexity index is 964. The van der Waals surface area contributed by atoms with Crippen LogP contribution >= 0.6 is 0 Å². The fourth-order valence-corrected chi connectivity index (χ4v) is 4.69. The van der Waals surface area contributed by atoms with E-state index in [-0.39, 0.29) is 18.0 Å². The van der Waals surface area contributed by atoms with Gasteiger partial charge in [0, 0.05) is 38.7 Å². The number of hydrogen-bond donors (Lipinski definition) is 2. The van der Waals surface area contributed by atoms with E-state index in [0.717, 1.165) is 38.2 Å². The van der Waals surface area contributed by atoms with Crippen LogP contribution < -0.4 is 10.9 Å². The van der Waals surface area contributed by atoms with Crippen molar-refractivity contribution in [2.75, 3.05) is 44.6 Å². The van der Waals surface area contributed by atoms with Gasteiger partial charge in [-0.2, -0.15) is 0 Å². The largest absolute Gasteiger partial charge is 0.388 e. The number of rotatable bonds is 9. The van der Waals surface area contributed by atoms with Crippen LogP contribution in [0.1, 0.15) is 37.7 Å². The van der Waals surface area contributed by atoms with Crippen molar-refractivity contribution < 1.29 is 9.90 Å². The average Bonchev–Trinajstić information content (AvgIpc) is 3.34. The number of benzene rings is 1. The first kappa shape index (κ1) is 23.4. The van der Waals surface area contributed by atoms with Crippen molar-refractivity contribution in [3.8, 4) is 0 Å². The molecule has 0 saturated carbocycles. The SMILES string of the molecule is O=C(CCc1ccccc1)N1CCC(O)(Cn2cnc(NCCN3CCCC3)cc2=O)CC1. The van der Waals surface area contributed by atoms with E-state index in [9.17, 15) is 14.7 Å². The number of carbonyl (C=O) groups excluding carboxylic acids is 1. The van der Waals surface area contributed by atoms with Crippen LogP contribution in [0.25, 0.3) is 0 Å². The maximum atomic E-state index is 12.6. The summed E-state index contributed by atoms with van der Waals surface area (Å²) in [7, 11) is 0. The molecule has 2 aromatic rings. The van der Waals surface area contributed by atoms with E-state index in [2.05, 4.69) is 15.2 Å². The van der Waals surface area contributed by atoms with Gasteiger partial charge in [0.25, 0.3) is 5.56 Å². The summed E-state index contributed by atoms with van der Waals surface area (Å²) >= 11 is 0. The lowest BCUT2D eigenvalue weighted by molar-refractivity contribution is -0.135. The summed E-state index contributed by atoms with van der Waals surface area (Å²) in [5.41, 5.74) is -0.0319. The quantitative estimate of drug-likeness (QED) is 0.601. The molecule has 8 nitrogen and oxygen atoms in total. The minimum atomic E-state index is -1.01. The monoisotopic (exact) mass is 453 g/mol. The molecule has 33 heavy (non-hydrogen) atoms. The first-order valence-corrected chi connectivity index (χ1v) is 12.1. The molecule has 0 bridgehead atoms. The van der Waals surface area contributed by atoms with Crippen LogP contribution in [-0.4, -0.2) is 75.2 Å². The second-order valence-electron chi connectivity index (χ2n) is 9.31. The maximum Gasteiger partial charge on any atom is 0.255 e. The number of anilines is 1. The predicted octanol–water partition coefficient (Wildman–Crippen LogP) is 1.74. The molecule has 1 aromatic heterocycles. The number of aryl methyl sites for hydroxylation is 1. The predicted molar refractivity (Wildman–Crippen MR) is 128 cm³/mol. The summed E-state index contributed by atoms with van der Waals surface area (Å²) in [5, 5.41) is 14.3. The van der Waals surface area contributed by atoms with Gasteiger partial charge < -0.3 is 20.2 Å². The Morgan fingerprint density at radius 3 is 2.52 bits per heavy atom. The van der Waals surface area contributed by atoms with E-state index in [1.807, 2.05) is 35.2 Å². The lowest BCUT2D eigenvalue weighted by Crippen LogP contribution is -2.49. The van der Waals surface area contributed by atoms with Crippen molar-refractivity contribution in [1.29, 1.82) is 0 Å². The summed E-state index contributed by atoms with van der Waals surface area (Å²) < 4.78 is 1.47. The third kappa shape index (κ3) is 6.65. The molecule has 178 valence electrons. The number of aliphatic hydroxyl groups is 1. The van der Waals surface area contributed by atoms with E-state index >= 15 is 0 Å². The smallest absolute Gasteiger partial charge is 0.255 e. The van der Waals surface area contributed by atoms with Crippen LogP contribution in [0, 0.1) is 0 Å². The van der Waals surface area contributed by atoms with Crippen molar-refractivity contribution >= 4 is 11.7 Å². The van der Waals surface area contributed by atoms with Crippen molar-refractivity contribution in [2.24, 2.45) is 0 Å². The third-order valence-corrected chi connectivity index (χ3v) is 6.79. The lowest BCUT2D eigenvalue weighted by atomic mass is 9.91. The van der Waals surface area contributed by atoms with Crippen molar-refractivity contribution in [3.05, 3.63) is 58.6 Å². The van der Waals surface area contributed by atoms with Gasteiger partial charge in [0.1, 0.15) is 5.82 Å². The van der Waals surface area contributed by atoms with Crippen LogP contribution in [0.4, 0.5) is 5.82 Å². The molecule has 2 aliphatic heterocycles. The zero-order chi connectivity index (χ0) is 23.1. The Morgan fingerprint density at radius 2 is 1.82 bits per heavy atom. The van der Waals surface area contributed by atoms with Crippen molar-refractivity contribution in [2.45, 2.75) is 50.7 Å². The second-order valence-corrected chi connectivity index (χ2v) is 9.31. The number of hydrogen-bond acceptors (Lipinski definition) is 6. The first-order chi connectivity index (χ1) is 16.0. The van der Waals surface area contributed by atoms with Gasteiger partial charge in [0.05, 0.1) is 18.5 Å². The molecule has 3 heterocycles. The standard InChI is InChI=1S/C25H35N5O3/c31-23(9-8-21-6-2-1-3-7-21)29-15-10-25(33,11-16-29)19-30-20-27-22(18-24(30)32)26-12-17-28-13-4-5-14-28/h1-3,6-7,18,20,26,33H,4-5,8-17,19H2. The normalized spacial score (nSPS) is 18.4. The molecule has 1 amide bonds. The number of likely N-dealkylation sites (tertiary alicyclic amines) is 2. The minimum absolute atomic E-state index is 0.115. The molecule has 8 heteroatoms. The van der Waals surface area contributed by atoms with Gasteiger partial charge in [-0.15, -0.1) is 0 Å². The molecule has 2 fully saturated rings. The van der Waals surface area contributed by atoms with E-state index in [4.69, 9.17) is 0 Å². The number of piperidine rings is 1. The van der Waals surface area contributed by atoms with E-state index < -0.39 is 5.60 Å². The number of nitrogens with one attached hydrogen (secondary N) is 1. The molecule has 2 aliphatic rings. The molecule has 0 unspecified atom stereocenters. The summed E-state index contributed by atoms with van der Waals surface area (Å²) in [5.74, 6) is 0.686. The van der Waals surface area contributed by atoms with E-state index in [1.165, 1.54) is 29.8 Å². The molecule has 0 radical (unpaired) electrons. The molecule has 2 N–H and O–H groups in total. The number of carbonyl (C=O) groups is 1. The van der Waals surface area contributed by atoms with Crippen LogP contribution in [0.5, 0.6) is 0 Å². The zero-order valence-corrected chi connectivity index (χ0v) is 19.3. The summed E-state index contributed by atoms with van der Waals surface area (Å²) in [6, 6.07) is 11.5. The summed E-state index contributed by atoms with van der Waals surface area (Å²) in [6.07, 6.45) is 6.13. The Balaban J connectivity index is 1.23. The molecule has 0 aliphatic carbocycles. The third-order valence-electron chi connectivity index (χ3n) is 6.79. The van der Waals surface area contributed by atoms with E-state index in [1.54, 1.807) is 0 Å². The average molecular weight is 454 g/mol. The van der Waals surface area contributed by atoms with Crippen LogP contribution in [0.3, 0.4) is 0 Å². The Labute approximate surface area is 195 Å². The number of nitrogens with zero attached hydrogens (tertiary/aromatic N) is 4. The highest BCUT2D eigenvalue weighted by Crippen LogP contribution is 2.24. The number of amides is 1. The van der Waals surface area contributed by atoms with Gasteiger partial charge in [-0.1, -0.05) is 30.3 Å². The van der Waals surface area contributed by atoms with Crippen LogP contribution in [0.15, 0.2) is 47.5 Å². The topological polar surface area (TPSA) is 90.7 Å². The lowest BCUT2D eigenvalue weighted by Gasteiger charge is -2.38. The van der Waals surface area contributed by atoms with E-state index in [0.29, 0.717) is 38.2 Å². The van der Waals surface area contributed by atoms with Gasteiger partial charge in [0.15, 0.2) is 0 Å². The Hall–Kier alpha value is -2.71. The summed E-state index contributed by atoms with van der Waals surface area (Å²) in [6.45, 7) is 5.19.